The van der Waals surface area contributed by atoms with E-state index >= 15 is 0 Å². The molecule has 0 spiro atoms. The molecule has 0 saturated carbocycles. The van der Waals surface area contributed by atoms with E-state index in [9.17, 15) is 5.11 Å². The number of aryl methyl sites for hydroxylation is 1. The summed E-state index contributed by atoms with van der Waals surface area (Å²) < 4.78 is 7.59. The number of ether oxygens (including phenoxy) is 1. The van der Waals surface area contributed by atoms with Crippen molar-refractivity contribution in [2.24, 2.45) is 0 Å². The number of hydrogen-bond acceptors (Lipinski definition) is 2. The van der Waals surface area contributed by atoms with Crippen molar-refractivity contribution < 1.29 is 14.2 Å². The quantitative estimate of drug-likeness (QED) is 0.343. The fraction of sp³-hybridized carbons (Fsp3) is 0.150. The van der Waals surface area contributed by atoms with Crippen molar-refractivity contribution in [3.63, 3.8) is 0 Å². The Labute approximate surface area is 134 Å². The zero-order valence-corrected chi connectivity index (χ0v) is 13.2. The second-order valence-electron chi connectivity index (χ2n) is 5.72. The van der Waals surface area contributed by atoms with Gasteiger partial charge in [0.05, 0.1) is 17.4 Å². The highest BCUT2D eigenvalue weighted by atomic mass is 16.5. The largest absolute Gasteiger partial charge is 0.504 e. The Hall–Kier alpha value is -2.81. The van der Waals surface area contributed by atoms with Crippen LogP contribution in [-0.2, 0) is 0 Å². The molecule has 2 aromatic carbocycles. The third-order valence-electron chi connectivity index (χ3n) is 4.40. The van der Waals surface area contributed by atoms with Crippen LogP contribution in [0.1, 0.15) is 12.5 Å². The molecule has 0 radical (unpaired) electrons. The maximum Gasteiger partial charge on any atom is 0.222 e. The summed E-state index contributed by atoms with van der Waals surface area (Å²) in [7, 11) is 0. The van der Waals surface area contributed by atoms with Crippen LogP contribution in [0.4, 0.5) is 0 Å². The maximum atomic E-state index is 10.5. The lowest BCUT2D eigenvalue weighted by atomic mass is 10.0. The van der Waals surface area contributed by atoms with Crippen LogP contribution in [0.15, 0.2) is 54.9 Å². The van der Waals surface area contributed by atoms with Crippen LogP contribution in [0.2, 0.25) is 0 Å². The Morgan fingerprint density at radius 3 is 2.65 bits per heavy atom. The number of aromatic nitrogens is 1. The van der Waals surface area contributed by atoms with Gasteiger partial charge in [-0.15, -0.1) is 0 Å². The molecule has 2 heterocycles. The van der Waals surface area contributed by atoms with Gasteiger partial charge in [0.1, 0.15) is 0 Å². The number of benzene rings is 2. The molecular weight excluding hydrogens is 286 g/mol. The van der Waals surface area contributed by atoms with E-state index in [-0.39, 0.29) is 5.75 Å². The highest BCUT2D eigenvalue weighted by Gasteiger charge is 2.18. The van der Waals surface area contributed by atoms with Gasteiger partial charge in [0.25, 0.3) is 0 Å². The van der Waals surface area contributed by atoms with Crippen LogP contribution in [-0.4, -0.2) is 11.7 Å². The summed E-state index contributed by atoms with van der Waals surface area (Å²) in [5.41, 5.74) is 2.32. The minimum absolute atomic E-state index is 0.204. The summed E-state index contributed by atoms with van der Waals surface area (Å²) in [5.74, 6) is 0.732. The Bertz CT molecular complexity index is 1050. The molecular formula is C20H18NO2+. The molecule has 0 saturated heterocycles. The van der Waals surface area contributed by atoms with E-state index in [4.69, 9.17) is 4.74 Å². The van der Waals surface area contributed by atoms with Crippen LogP contribution in [0.25, 0.3) is 27.1 Å². The Balaban J connectivity index is 2.16. The van der Waals surface area contributed by atoms with Gasteiger partial charge in [-0.1, -0.05) is 18.2 Å². The van der Waals surface area contributed by atoms with E-state index in [1.165, 1.54) is 16.3 Å². The van der Waals surface area contributed by atoms with Crippen LogP contribution in [0.3, 0.4) is 0 Å². The molecule has 0 fully saturated rings. The molecule has 1 N–H and O–H groups in total. The monoisotopic (exact) mass is 304 g/mol. The summed E-state index contributed by atoms with van der Waals surface area (Å²) in [6.45, 7) is 4.55. The van der Waals surface area contributed by atoms with Crippen molar-refractivity contribution in [2.75, 3.05) is 6.61 Å². The van der Waals surface area contributed by atoms with Crippen molar-refractivity contribution in [3.8, 4) is 11.5 Å². The molecule has 4 rings (SSSR count). The van der Waals surface area contributed by atoms with Gasteiger partial charge in [0.2, 0.25) is 5.52 Å². The minimum Gasteiger partial charge on any atom is -0.504 e. The van der Waals surface area contributed by atoms with Gasteiger partial charge >= 0.3 is 0 Å². The molecule has 23 heavy (non-hydrogen) atoms. The number of phenolic OH excluding ortho intramolecular Hbond substituents is 1. The molecule has 2 aromatic heterocycles. The van der Waals surface area contributed by atoms with Crippen molar-refractivity contribution in [2.45, 2.75) is 13.8 Å². The van der Waals surface area contributed by atoms with E-state index in [2.05, 4.69) is 41.7 Å². The second-order valence-corrected chi connectivity index (χ2v) is 5.72. The number of hydrogen-bond donors (Lipinski definition) is 1. The van der Waals surface area contributed by atoms with E-state index in [0.29, 0.717) is 12.4 Å². The maximum absolute atomic E-state index is 10.5. The molecule has 0 unspecified atom stereocenters. The topological polar surface area (TPSA) is 33.6 Å². The average Bonchev–Trinajstić information content (AvgIpc) is 2.58. The lowest BCUT2D eigenvalue weighted by Gasteiger charge is -2.10. The number of rotatable bonds is 2. The summed E-state index contributed by atoms with van der Waals surface area (Å²) >= 11 is 0. The van der Waals surface area contributed by atoms with Crippen LogP contribution in [0.5, 0.6) is 11.5 Å². The van der Waals surface area contributed by atoms with E-state index < -0.39 is 0 Å². The molecule has 3 heteroatoms. The minimum atomic E-state index is 0.204. The highest BCUT2D eigenvalue weighted by molar-refractivity contribution is 6.01. The number of pyridine rings is 2. The second kappa shape index (κ2) is 5.13. The third kappa shape index (κ3) is 2.00. The standard InChI is InChI=1S/C20H17NO2/c1-3-23-18-9-8-15-13(2)19-16-7-5-4-6-14(16)10-11-21(19)12-17(15)20(18)22/h4-12H,3H2,1-2H3/p+1. The first-order valence-corrected chi connectivity index (χ1v) is 7.81. The Kier molecular flexibility index (Phi) is 3.08. The smallest absolute Gasteiger partial charge is 0.222 e. The van der Waals surface area contributed by atoms with E-state index in [1.807, 2.05) is 31.5 Å². The number of fused-ring (bicyclic) bond motifs is 4. The van der Waals surface area contributed by atoms with Gasteiger partial charge in [0, 0.05) is 17.0 Å². The zero-order valence-electron chi connectivity index (χ0n) is 13.2. The predicted octanol–water partition coefficient (Wildman–Crippen LogP) is 4.14. The Morgan fingerprint density at radius 2 is 1.83 bits per heavy atom. The summed E-state index contributed by atoms with van der Waals surface area (Å²) in [5, 5.41) is 14.8. The SMILES string of the molecule is CCOc1ccc2c(C)c3c4ccccc4cc[n+]3cc2c1O. The predicted molar refractivity (Wildman–Crippen MR) is 92.2 cm³/mol. The lowest BCUT2D eigenvalue weighted by Crippen LogP contribution is -2.22. The fourth-order valence-electron chi connectivity index (χ4n) is 3.32. The lowest BCUT2D eigenvalue weighted by molar-refractivity contribution is -0.509. The van der Waals surface area contributed by atoms with Crippen molar-refractivity contribution in [1.82, 2.24) is 0 Å². The van der Waals surface area contributed by atoms with Crippen molar-refractivity contribution >= 4 is 27.1 Å². The normalized spacial score (nSPS) is 11.4. The first-order valence-electron chi connectivity index (χ1n) is 7.81. The highest BCUT2D eigenvalue weighted by Crippen LogP contribution is 2.36. The van der Waals surface area contributed by atoms with Gasteiger partial charge in [-0.25, -0.2) is 0 Å². The summed E-state index contributed by atoms with van der Waals surface area (Å²) in [6.07, 6.45) is 4.01. The number of aromatic hydroxyl groups is 1. The number of phenols is 1. The molecule has 114 valence electrons. The summed E-state index contributed by atoms with van der Waals surface area (Å²) in [4.78, 5) is 0. The van der Waals surface area contributed by atoms with Crippen molar-refractivity contribution in [1.29, 1.82) is 0 Å². The fourth-order valence-corrected chi connectivity index (χ4v) is 3.32. The molecule has 0 atom stereocenters. The molecule has 0 bridgehead atoms. The molecule has 0 aliphatic rings. The van der Waals surface area contributed by atoms with Gasteiger partial charge in [-0.3, -0.25) is 0 Å². The van der Waals surface area contributed by atoms with E-state index in [1.54, 1.807) is 0 Å². The van der Waals surface area contributed by atoms with Crippen LogP contribution in [0, 0.1) is 6.92 Å². The molecule has 0 aliphatic heterocycles. The van der Waals surface area contributed by atoms with Gasteiger partial charge in [-0.05, 0) is 37.4 Å². The van der Waals surface area contributed by atoms with Gasteiger partial charge in [-0.2, -0.15) is 4.40 Å². The first kappa shape index (κ1) is 13.8. The van der Waals surface area contributed by atoms with Crippen LogP contribution >= 0.6 is 0 Å². The first-order chi connectivity index (χ1) is 11.2. The van der Waals surface area contributed by atoms with Gasteiger partial charge < -0.3 is 9.84 Å². The molecule has 4 aromatic rings. The molecule has 0 amide bonds. The van der Waals surface area contributed by atoms with Crippen LogP contribution < -0.4 is 9.14 Å². The molecule has 0 aliphatic carbocycles. The molecule has 3 nitrogen and oxygen atoms in total. The van der Waals surface area contributed by atoms with Crippen molar-refractivity contribution in [3.05, 3.63) is 60.4 Å². The Morgan fingerprint density at radius 1 is 1.00 bits per heavy atom. The average molecular weight is 304 g/mol. The van der Waals surface area contributed by atoms with Gasteiger partial charge in [0.15, 0.2) is 23.9 Å². The third-order valence-corrected chi connectivity index (χ3v) is 4.40. The zero-order chi connectivity index (χ0) is 16.0. The van der Waals surface area contributed by atoms with E-state index in [0.717, 1.165) is 16.3 Å². The number of nitrogens with zero attached hydrogens (tertiary/aromatic N) is 1. The summed E-state index contributed by atoms with van der Waals surface area (Å²) in [6, 6.07) is 14.3.